The van der Waals surface area contributed by atoms with Gasteiger partial charge in [0.25, 0.3) is 0 Å². The molecule has 0 saturated carbocycles. The van der Waals surface area contributed by atoms with E-state index in [0.29, 0.717) is 5.56 Å². The predicted octanol–water partition coefficient (Wildman–Crippen LogP) is 1.49. The third kappa shape index (κ3) is 2.62. The molecular weight excluding hydrogens is 178 g/mol. The maximum atomic E-state index is 11.1. The van der Waals surface area contributed by atoms with Crippen LogP contribution in [0.4, 0.5) is 0 Å². The largest absolute Gasteiger partial charge is 0.465 e. The molecule has 0 heterocycles. The van der Waals surface area contributed by atoms with Gasteiger partial charge in [-0.25, -0.2) is 4.79 Å². The molecule has 0 aliphatic heterocycles. The first-order valence-electron chi connectivity index (χ1n) is 4.32. The summed E-state index contributed by atoms with van der Waals surface area (Å²) in [5, 5.41) is 0. The fourth-order valence-electron chi connectivity index (χ4n) is 1.10. The monoisotopic (exact) mass is 191 g/mol. The maximum Gasteiger partial charge on any atom is 0.337 e. The maximum absolute atomic E-state index is 11.1. The van der Waals surface area contributed by atoms with Gasteiger partial charge in [-0.3, -0.25) is 0 Å². The molecule has 3 nitrogen and oxygen atoms in total. The summed E-state index contributed by atoms with van der Waals surface area (Å²) < 4.78 is 4.58. The van der Waals surface area contributed by atoms with Crippen LogP contribution >= 0.6 is 0 Å². The molecule has 0 radical (unpaired) electrons. The van der Waals surface area contributed by atoms with E-state index in [0.717, 1.165) is 12.0 Å². The van der Waals surface area contributed by atoms with Crippen LogP contribution in [0, 0.1) is 0 Å². The Bertz CT molecular complexity index is 328. The van der Waals surface area contributed by atoms with E-state index in [1.165, 1.54) is 13.3 Å². The van der Waals surface area contributed by atoms with Gasteiger partial charge in [0.2, 0.25) is 0 Å². The fraction of sp³-hybridized carbons (Fsp3) is 0.182. The van der Waals surface area contributed by atoms with Gasteiger partial charge >= 0.3 is 5.97 Å². The molecule has 1 aromatic carbocycles. The number of nitrogens with two attached hydrogens (primary N) is 1. The molecule has 0 spiro atoms. The molecular formula is C11H13NO2. The quantitative estimate of drug-likeness (QED) is 0.736. The molecule has 0 saturated heterocycles. The number of allylic oxidation sites excluding steroid dienone is 1. The highest BCUT2D eigenvalue weighted by atomic mass is 16.5. The van der Waals surface area contributed by atoms with Gasteiger partial charge in [0, 0.05) is 0 Å². The smallest absolute Gasteiger partial charge is 0.337 e. The Morgan fingerprint density at radius 1 is 1.43 bits per heavy atom. The van der Waals surface area contributed by atoms with E-state index in [1.807, 2.05) is 18.2 Å². The second kappa shape index (κ2) is 5.07. The van der Waals surface area contributed by atoms with Crippen LogP contribution in [0.15, 0.2) is 36.5 Å². The summed E-state index contributed by atoms with van der Waals surface area (Å²) in [6.07, 6.45) is 4.14. The SMILES string of the molecule is COC(=O)c1ccc(CC=CN)cc1. The second-order valence-corrected chi connectivity index (χ2v) is 2.82. The van der Waals surface area contributed by atoms with Crippen molar-refractivity contribution in [2.75, 3.05) is 7.11 Å². The zero-order valence-corrected chi connectivity index (χ0v) is 8.07. The molecule has 0 atom stereocenters. The summed E-state index contributed by atoms with van der Waals surface area (Å²) in [7, 11) is 1.37. The van der Waals surface area contributed by atoms with Gasteiger partial charge in [0.1, 0.15) is 0 Å². The highest BCUT2D eigenvalue weighted by Gasteiger charge is 2.03. The van der Waals surface area contributed by atoms with Crippen LogP contribution in [0.2, 0.25) is 0 Å². The van der Waals surface area contributed by atoms with E-state index < -0.39 is 0 Å². The number of methoxy groups -OCH3 is 1. The Morgan fingerprint density at radius 2 is 2.07 bits per heavy atom. The van der Waals surface area contributed by atoms with Crippen molar-refractivity contribution >= 4 is 5.97 Å². The molecule has 0 aromatic heterocycles. The highest BCUT2D eigenvalue weighted by molar-refractivity contribution is 5.89. The third-order valence-corrected chi connectivity index (χ3v) is 1.86. The molecule has 0 fully saturated rings. The number of hydrogen-bond acceptors (Lipinski definition) is 3. The van der Waals surface area contributed by atoms with Crippen molar-refractivity contribution in [3.05, 3.63) is 47.7 Å². The lowest BCUT2D eigenvalue weighted by Gasteiger charge is -2.00. The number of hydrogen-bond donors (Lipinski definition) is 1. The Labute approximate surface area is 83.2 Å². The highest BCUT2D eigenvalue weighted by Crippen LogP contribution is 2.06. The van der Waals surface area contributed by atoms with Crippen LogP contribution in [-0.4, -0.2) is 13.1 Å². The lowest BCUT2D eigenvalue weighted by molar-refractivity contribution is 0.0601. The molecule has 0 amide bonds. The fourth-order valence-corrected chi connectivity index (χ4v) is 1.10. The summed E-state index contributed by atoms with van der Waals surface area (Å²) in [5.74, 6) is -0.314. The average molecular weight is 191 g/mol. The summed E-state index contributed by atoms with van der Waals surface area (Å²) in [6.45, 7) is 0. The van der Waals surface area contributed by atoms with Gasteiger partial charge in [-0.1, -0.05) is 18.2 Å². The number of rotatable bonds is 3. The lowest BCUT2D eigenvalue weighted by atomic mass is 10.1. The summed E-state index contributed by atoms with van der Waals surface area (Å²) in [5.41, 5.74) is 6.89. The molecule has 0 unspecified atom stereocenters. The minimum Gasteiger partial charge on any atom is -0.465 e. The van der Waals surface area contributed by atoms with Crippen molar-refractivity contribution in [3.8, 4) is 0 Å². The van der Waals surface area contributed by atoms with E-state index in [2.05, 4.69) is 4.74 Å². The Balaban J connectivity index is 2.73. The standard InChI is InChI=1S/C11H13NO2/c1-14-11(13)10-6-4-9(5-7-10)3-2-8-12/h2,4-8H,3,12H2,1H3. The van der Waals surface area contributed by atoms with Crippen molar-refractivity contribution in [1.82, 2.24) is 0 Å². The Hall–Kier alpha value is -1.77. The molecule has 0 bridgehead atoms. The van der Waals surface area contributed by atoms with E-state index >= 15 is 0 Å². The molecule has 0 aliphatic carbocycles. The van der Waals surface area contributed by atoms with Crippen LogP contribution in [0.5, 0.6) is 0 Å². The van der Waals surface area contributed by atoms with Crippen molar-refractivity contribution in [3.63, 3.8) is 0 Å². The van der Waals surface area contributed by atoms with Crippen LogP contribution in [0.25, 0.3) is 0 Å². The molecule has 74 valence electrons. The number of esters is 1. The van der Waals surface area contributed by atoms with Gasteiger partial charge in [0.15, 0.2) is 0 Å². The zero-order chi connectivity index (χ0) is 10.4. The zero-order valence-electron chi connectivity index (χ0n) is 8.07. The number of carbonyl (C=O) groups is 1. The molecule has 3 heteroatoms. The number of ether oxygens (including phenoxy) is 1. The lowest BCUT2D eigenvalue weighted by Crippen LogP contribution is -2.00. The van der Waals surface area contributed by atoms with Crippen LogP contribution in [0.1, 0.15) is 15.9 Å². The number of benzene rings is 1. The van der Waals surface area contributed by atoms with Gasteiger partial charge in [-0.2, -0.15) is 0 Å². The van der Waals surface area contributed by atoms with E-state index in [4.69, 9.17) is 5.73 Å². The normalized spacial score (nSPS) is 10.4. The Morgan fingerprint density at radius 3 is 2.57 bits per heavy atom. The summed E-state index contributed by atoms with van der Waals surface area (Å²) in [4.78, 5) is 11.1. The van der Waals surface area contributed by atoms with Gasteiger partial charge in [-0.05, 0) is 30.3 Å². The first-order chi connectivity index (χ1) is 6.77. The van der Waals surface area contributed by atoms with E-state index in [-0.39, 0.29) is 5.97 Å². The number of carbonyl (C=O) groups excluding carboxylic acids is 1. The van der Waals surface area contributed by atoms with Crippen LogP contribution in [-0.2, 0) is 11.2 Å². The third-order valence-electron chi connectivity index (χ3n) is 1.86. The molecule has 1 rings (SSSR count). The molecule has 14 heavy (non-hydrogen) atoms. The van der Waals surface area contributed by atoms with Crippen molar-refractivity contribution in [1.29, 1.82) is 0 Å². The average Bonchev–Trinajstić information content (AvgIpc) is 2.26. The first-order valence-corrected chi connectivity index (χ1v) is 4.32. The molecule has 0 aliphatic rings. The summed E-state index contributed by atoms with van der Waals surface area (Å²) >= 11 is 0. The van der Waals surface area contributed by atoms with Crippen molar-refractivity contribution in [2.24, 2.45) is 5.73 Å². The molecule has 1 aromatic rings. The van der Waals surface area contributed by atoms with E-state index in [1.54, 1.807) is 12.1 Å². The van der Waals surface area contributed by atoms with Gasteiger partial charge in [0.05, 0.1) is 12.7 Å². The minimum absolute atomic E-state index is 0.314. The molecule has 2 N–H and O–H groups in total. The topological polar surface area (TPSA) is 52.3 Å². The second-order valence-electron chi connectivity index (χ2n) is 2.82. The predicted molar refractivity (Wildman–Crippen MR) is 54.8 cm³/mol. The van der Waals surface area contributed by atoms with Crippen LogP contribution in [0.3, 0.4) is 0 Å². The Kier molecular flexibility index (Phi) is 3.73. The van der Waals surface area contributed by atoms with Crippen LogP contribution < -0.4 is 5.73 Å². The van der Waals surface area contributed by atoms with Crippen molar-refractivity contribution in [2.45, 2.75) is 6.42 Å². The summed E-state index contributed by atoms with van der Waals surface area (Å²) in [6, 6.07) is 7.25. The van der Waals surface area contributed by atoms with Gasteiger partial charge < -0.3 is 10.5 Å². The van der Waals surface area contributed by atoms with Gasteiger partial charge in [-0.15, -0.1) is 0 Å². The van der Waals surface area contributed by atoms with E-state index in [9.17, 15) is 4.79 Å². The minimum atomic E-state index is -0.314. The van der Waals surface area contributed by atoms with Crippen molar-refractivity contribution < 1.29 is 9.53 Å². The first kappa shape index (κ1) is 10.3.